The normalized spacial score (nSPS) is 21.3. The van der Waals surface area contributed by atoms with Gasteiger partial charge in [0.15, 0.2) is 11.0 Å². The molecule has 6 heteroatoms. The van der Waals surface area contributed by atoms with Crippen molar-refractivity contribution < 1.29 is 4.79 Å². The number of nitrogens with zero attached hydrogens (tertiary/aromatic N) is 3. The van der Waals surface area contributed by atoms with Gasteiger partial charge in [0.05, 0.1) is 10.9 Å². The van der Waals surface area contributed by atoms with Crippen LogP contribution in [0.15, 0.2) is 52.6 Å². The van der Waals surface area contributed by atoms with Crippen LogP contribution in [-0.4, -0.2) is 27.1 Å². The molecule has 1 saturated heterocycles. The van der Waals surface area contributed by atoms with E-state index in [0.717, 1.165) is 29.1 Å². The number of carbonyl (C=O) groups is 1. The highest BCUT2D eigenvalue weighted by Gasteiger charge is 2.25. The lowest BCUT2D eigenvalue weighted by Gasteiger charge is -2.17. The Morgan fingerprint density at radius 2 is 1.81 bits per heavy atom. The van der Waals surface area contributed by atoms with Gasteiger partial charge in [0.2, 0.25) is 0 Å². The zero-order valence-electron chi connectivity index (χ0n) is 14.4. The number of thioether (sulfide) groups is 1. The molecule has 1 N–H and O–H groups in total. The summed E-state index contributed by atoms with van der Waals surface area (Å²) in [7, 11) is 0. The number of amides is 1. The van der Waals surface area contributed by atoms with Crippen LogP contribution in [0.2, 0.25) is 0 Å². The van der Waals surface area contributed by atoms with E-state index in [1.807, 2.05) is 36.4 Å². The smallest absolute Gasteiger partial charge is 0.264 e. The second-order valence-corrected chi connectivity index (χ2v) is 7.53. The average molecular weight is 364 g/mol. The zero-order valence-corrected chi connectivity index (χ0v) is 15.2. The van der Waals surface area contributed by atoms with Gasteiger partial charge in [-0.2, -0.15) is 0 Å². The van der Waals surface area contributed by atoms with Gasteiger partial charge in [-0.3, -0.25) is 9.79 Å². The average Bonchev–Trinajstić information content (AvgIpc) is 3.03. The summed E-state index contributed by atoms with van der Waals surface area (Å²) in [5.41, 5.74) is 1.78. The number of hydrogen-bond donors (Lipinski definition) is 1. The Morgan fingerprint density at radius 3 is 2.54 bits per heavy atom. The standard InChI is InChI=1S/C20H20N4OS/c25-19-17(26-20(24-19)23-16-9-5-2-6-10-16)11-14-12-21-18(22-13-14)15-7-3-1-4-8-15/h1,3-4,7-8,11-13,16H,2,5-6,9-10H2,(H,23,24,25)/b17-11-. The number of nitrogens with one attached hydrogen (secondary N) is 1. The van der Waals surface area contributed by atoms with E-state index < -0.39 is 0 Å². The van der Waals surface area contributed by atoms with E-state index in [0.29, 0.717) is 16.8 Å². The van der Waals surface area contributed by atoms with E-state index in [1.54, 1.807) is 12.4 Å². The van der Waals surface area contributed by atoms with Crippen molar-refractivity contribution in [1.82, 2.24) is 15.3 Å². The number of hydrogen-bond acceptors (Lipinski definition) is 5. The highest BCUT2D eigenvalue weighted by molar-refractivity contribution is 8.18. The van der Waals surface area contributed by atoms with Gasteiger partial charge in [0, 0.05) is 23.5 Å². The van der Waals surface area contributed by atoms with Crippen molar-refractivity contribution in [3.63, 3.8) is 0 Å². The van der Waals surface area contributed by atoms with Crippen LogP contribution in [0.5, 0.6) is 0 Å². The molecule has 132 valence electrons. The first kappa shape index (κ1) is 17.0. The minimum atomic E-state index is -0.100. The van der Waals surface area contributed by atoms with Crippen LogP contribution >= 0.6 is 11.8 Å². The Hall–Kier alpha value is -2.47. The van der Waals surface area contributed by atoms with Crippen LogP contribution < -0.4 is 5.32 Å². The third-order valence-corrected chi connectivity index (χ3v) is 5.45. The lowest BCUT2D eigenvalue weighted by molar-refractivity contribution is -0.115. The van der Waals surface area contributed by atoms with E-state index in [4.69, 9.17) is 4.99 Å². The van der Waals surface area contributed by atoms with Gasteiger partial charge >= 0.3 is 0 Å². The maximum Gasteiger partial charge on any atom is 0.264 e. The van der Waals surface area contributed by atoms with Crippen molar-refractivity contribution in [1.29, 1.82) is 0 Å². The van der Waals surface area contributed by atoms with Crippen molar-refractivity contribution >= 4 is 28.9 Å². The van der Waals surface area contributed by atoms with Crippen molar-refractivity contribution in [2.45, 2.75) is 38.1 Å². The second kappa shape index (κ2) is 7.83. The number of aromatic nitrogens is 2. The van der Waals surface area contributed by atoms with Crippen LogP contribution in [-0.2, 0) is 4.79 Å². The van der Waals surface area contributed by atoms with Crippen LogP contribution in [0.3, 0.4) is 0 Å². The second-order valence-electron chi connectivity index (χ2n) is 6.50. The molecule has 1 aromatic heterocycles. The number of aliphatic imine (C=N–C) groups is 1. The fourth-order valence-corrected chi connectivity index (χ4v) is 4.06. The zero-order chi connectivity index (χ0) is 17.8. The summed E-state index contributed by atoms with van der Waals surface area (Å²) in [4.78, 5) is 26.3. The molecule has 0 unspecified atom stereocenters. The molecule has 5 nitrogen and oxygen atoms in total. The van der Waals surface area contributed by atoms with Crippen LogP contribution in [0.4, 0.5) is 0 Å². The predicted octanol–water partition coefficient (Wildman–Crippen LogP) is 4.04. The third kappa shape index (κ3) is 4.02. The van der Waals surface area contributed by atoms with Gasteiger partial charge in [-0.15, -0.1) is 0 Å². The largest absolute Gasteiger partial charge is 0.301 e. The van der Waals surface area contributed by atoms with E-state index in [-0.39, 0.29) is 5.91 Å². The van der Waals surface area contributed by atoms with E-state index >= 15 is 0 Å². The highest BCUT2D eigenvalue weighted by Crippen LogP contribution is 2.28. The van der Waals surface area contributed by atoms with Gasteiger partial charge in [0.1, 0.15) is 0 Å². The summed E-state index contributed by atoms with van der Waals surface area (Å²) in [6, 6.07) is 10.2. The third-order valence-electron chi connectivity index (χ3n) is 4.53. The van der Waals surface area contributed by atoms with Gasteiger partial charge in [-0.1, -0.05) is 49.6 Å². The molecule has 1 aromatic carbocycles. The summed E-state index contributed by atoms with van der Waals surface area (Å²) < 4.78 is 0. The van der Waals surface area contributed by atoms with Crippen molar-refractivity contribution in [3.05, 3.63) is 53.2 Å². The van der Waals surface area contributed by atoms with Gasteiger partial charge in [0.25, 0.3) is 5.91 Å². The minimum Gasteiger partial charge on any atom is -0.301 e. The quantitative estimate of drug-likeness (QED) is 0.835. The molecule has 0 radical (unpaired) electrons. The first-order valence-electron chi connectivity index (χ1n) is 8.94. The Kier molecular flexibility index (Phi) is 5.11. The fourth-order valence-electron chi connectivity index (χ4n) is 3.16. The number of benzene rings is 1. The highest BCUT2D eigenvalue weighted by atomic mass is 32.2. The molecule has 0 atom stereocenters. The van der Waals surface area contributed by atoms with E-state index in [2.05, 4.69) is 15.3 Å². The lowest BCUT2D eigenvalue weighted by Crippen LogP contribution is -2.22. The molecular formula is C20H20N4OS. The lowest BCUT2D eigenvalue weighted by atomic mass is 9.96. The molecule has 1 amide bonds. The molecule has 1 aliphatic carbocycles. The topological polar surface area (TPSA) is 67.2 Å². The number of carbonyl (C=O) groups excluding carboxylic acids is 1. The van der Waals surface area contributed by atoms with Crippen LogP contribution in [0.1, 0.15) is 37.7 Å². The van der Waals surface area contributed by atoms with Crippen molar-refractivity contribution in [2.24, 2.45) is 4.99 Å². The molecule has 4 rings (SSSR count). The van der Waals surface area contributed by atoms with Gasteiger partial charge in [-0.25, -0.2) is 9.97 Å². The molecule has 2 fully saturated rings. The van der Waals surface area contributed by atoms with Crippen LogP contribution in [0, 0.1) is 0 Å². The summed E-state index contributed by atoms with van der Waals surface area (Å²) in [6.45, 7) is 0. The molecule has 0 spiro atoms. The number of amidine groups is 1. The minimum absolute atomic E-state index is 0.100. The fraction of sp³-hybridized carbons (Fsp3) is 0.300. The SMILES string of the molecule is O=C1NC(=NC2CCCCC2)S/C1=C\c1cnc(-c2ccccc2)nc1. The maximum atomic E-state index is 12.2. The molecular weight excluding hydrogens is 344 g/mol. The first-order valence-corrected chi connectivity index (χ1v) is 9.76. The molecule has 2 heterocycles. The van der Waals surface area contributed by atoms with Crippen LogP contribution in [0.25, 0.3) is 17.5 Å². The Labute approximate surface area is 157 Å². The van der Waals surface area contributed by atoms with Gasteiger partial charge < -0.3 is 5.32 Å². The van der Waals surface area contributed by atoms with Crippen molar-refractivity contribution in [3.8, 4) is 11.4 Å². The molecule has 2 aliphatic rings. The summed E-state index contributed by atoms with van der Waals surface area (Å²) in [5, 5.41) is 3.59. The Morgan fingerprint density at radius 1 is 1.08 bits per heavy atom. The molecule has 2 aromatic rings. The summed E-state index contributed by atoms with van der Waals surface area (Å²) >= 11 is 1.40. The summed E-state index contributed by atoms with van der Waals surface area (Å²) in [5.74, 6) is 0.576. The Balaban J connectivity index is 1.47. The molecule has 1 aliphatic heterocycles. The predicted molar refractivity (Wildman–Crippen MR) is 105 cm³/mol. The first-order chi connectivity index (χ1) is 12.8. The monoisotopic (exact) mass is 364 g/mol. The molecule has 26 heavy (non-hydrogen) atoms. The van der Waals surface area contributed by atoms with Crippen molar-refractivity contribution in [2.75, 3.05) is 0 Å². The Bertz CT molecular complexity index is 840. The maximum absolute atomic E-state index is 12.2. The van der Waals surface area contributed by atoms with Gasteiger partial charge in [-0.05, 0) is 30.7 Å². The summed E-state index contributed by atoms with van der Waals surface area (Å²) in [6.07, 6.45) is 11.3. The van der Waals surface area contributed by atoms with E-state index in [1.165, 1.54) is 31.0 Å². The number of rotatable bonds is 3. The molecule has 1 saturated carbocycles. The molecule has 0 bridgehead atoms. The van der Waals surface area contributed by atoms with E-state index in [9.17, 15) is 4.79 Å².